The number of carbonyl (C=O) groups excluding carboxylic acids is 1. The third-order valence-corrected chi connectivity index (χ3v) is 3.47. The molecule has 0 saturated carbocycles. The molecule has 5 heteroatoms. The maximum absolute atomic E-state index is 11.4. The molecular formula is C16H17N3O2. The minimum Gasteiger partial charge on any atom is -0.491 e. The third-order valence-electron chi connectivity index (χ3n) is 3.47. The molecule has 1 aliphatic rings. The Morgan fingerprint density at radius 3 is 3.00 bits per heavy atom. The van der Waals surface area contributed by atoms with Crippen molar-refractivity contribution in [3.8, 4) is 5.75 Å². The lowest BCUT2D eigenvalue weighted by atomic mass is 10.0. The number of aryl methyl sites for hydroxylation is 1. The van der Waals surface area contributed by atoms with E-state index in [0.29, 0.717) is 30.9 Å². The zero-order valence-electron chi connectivity index (χ0n) is 11.6. The third kappa shape index (κ3) is 3.13. The predicted octanol–water partition coefficient (Wildman–Crippen LogP) is 2.17. The minimum atomic E-state index is 0.0340. The molecule has 3 rings (SSSR count). The Bertz CT molecular complexity index is 656. The number of fused-ring (bicyclic) bond motifs is 1. The van der Waals surface area contributed by atoms with Crippen molar-refractivity contribution < 1.29 is 9.53 Å². The standard InChI is InChI=1S/C16H17N3O2/c17-13-9-11-4-5-16(20)19-14(11)10-15(13)21-8-6-12-3-1-2-7-18-12/h1-3,7,9-10H,4-6,8,17H2,(H,19,20). The summed E-state index contributed by atoms with van der Waals surface area (Å²) in [5.74, 6) is 0.638. The SMILES string of the molecule is Nc1cc2c(cc1OCCc1ccccn1)NC(=O)CC2. The van der Waals surface area contributed by atoms with Gasteiger partial charge in [0, 0.05) is 36.5 Å². The molecular weight excluding hydrogens is 266 g/mol. The highest BCUT2D eigenvalue weighted by Gasteiger charge is 2.17. The summed E-state index contributed by atoms with van der Waals surface area (Å²) in [6, 6.07) is 9.48. The van der Waals surface area contributed by atoms with Gasteiger partial charge in [-0.3, -0.25) is 9.78 Å². The van der Waals surface area contributed by atoms with E-state index in [2.05, 4.69) is 10.3 Å². The van der Waals surface area contributed by atoms with Crippen LogP contribution in [0, 0.1) is 0 Å². The van der Waals surface area contributed by atoms with Gasteiger partial charge in [-0.15, -0.1) is 0 Å². The highest BCUT2D eigenvalue weighted by Crippen LogP contribution is 2.32. The molecule has 21 heavy (non-hydrogen) atoms. The predicted molar refractivity (Wildman–Crippen MR) is 81.2 cm³/mol. The minimum absolute atomic E-state index is 0.0340. The number of nitrogens with zero attached hydrogens (tertiary/aromatic N) is 1. The summed E-state index contributed by atoms with van der Waals surface area (Å²) in [6.07, 6.45) is 3.70. The summed E-state index contributed by atoms with van der Waals surface area (Å²) < 4.78 is 5.73. The van der Waals surface area contributed by atoms with Gasteiger partial charge in [0.15, 0.2) is 0 Å². The number of rotatable bonds is 4. The topological polar surface area (TPSA) is 77.2 Å². The van der Waals surface area contributed by atoms with Gasteiger partial charge in [-0.1, -0.05) is 6.07 Å². The average Bonchev–Trinajstić information content (AvgIpc) is 2.49. The Kier molecular flexibility index (Phi) is 3.73. The number of nitrogen functional groups attached to an aromatic ring is 1. The van der Waals surface area contributed by atoms with Crippen molar-refractivity contribution >= 4 is 17.3 Å². The second kappa shape index (κ2) is 5.83. The van der Waals surface area contributed by atoms with Crippen molar-refractivity contribution in [1.82, 2.24) is 4.98 Å². The summed E-state index contributed by atoms with van der Waals surface area (Å²) in [5.41, 5.74) is 9.44. The molecule has 0 saturated heterocycles. The van der Waals surface area contributed by atoms with Gasteiger partial charge in [0.1, 0.15) is 5.75 Å². The number of ether oxygens (including phenoxy) is 1. The van der Waals surface area contributed by atoms with E-state index in [1.807, 2.05) is 24.3 Å². The van der Waals surface area contributed by atoms with Gasteiger partial charge in [0.25, 0.3) is 0 Å². The molecule has 5 nitrogen and oxygen atoms in total. The van der Waals surface area contributed by atoms with E-state index >= 15 is 0 Å². The van der Waals surface area contributed by atoms with E-state index in [1.54, 1.807) is 12.3 Å². The number of nitrogens with two attached hydrogens (primary N) is 1. The Labute approximate surface area is 123 Å². The van der Waals surface area contributed by atoms with Gasteiger partial charge in [-0.2, -0.15) is 0 Å². The van der Waals surface area contributed by atoms with Gasteiger partial charge in [-0.05, 0) is 30.2 Å². The molecule has 0 atom stereocenters. The molecule has 0 unspecified atom stereocenters. The number of amides is 1. The van der Waals surface area contributed by atoms with Crippen molar-refractivity contribution in [3.05, 3.63) is 47.8 Å². The van der Waals surface area contributed by atoms with Crippen LogP contribution in [0.1, 0.15) is 17.7 Å². The number of anilines is 2. The number of benzene rings is 1. The molecule has 2 aromatic rings. The Morgan fingerprint density at radius 2 is 2.19 bits per heavy atom. The Hall–Kier alpha value is -2.56. The van der Waals surface area contributed by atoms with E-state index in [4.69, 9.17) is 10.5 Å². The van der Waals surface area contributed by atoms with Crippen LogP contribution in [0.3, 0.4) is 0 Å². The lowest BCUT2D eigenvalue weighted by Gasteiger charge is -2.19. The molecule has 0 bridgehead atoms. The molecule has 108 valence electrons. The van der Waals surface area contributed by atoms with Crippen LogP contribution >= 0.6 is 0 Å². The van der Waals surface area contributed by atoms with Crippen LogP contribution in [0.4, 0.5) is 11.4 Å². The average molecular weight is 283 g/mol. The van der Waals surface area contributed by atoms with E-state index in [9.17, 15) is 4.79 Å². The molecule has 0 spiro atoms. The first kappa shape index (κ1) is 13.4. The van der Waals surface area contributed by atoms with Crippen LogP contribution in [0.15, 0.2) is 36.5 Å². The van der Waals surface area contributed by atoms with Gasteiger partial charge in [-0.25, -0.2) is 0 Å². The lowest BCUT2D eigenvalue weighted by molar-refractivity contribution is -0.116. The van der Waals surface area contributed by atoms with E-state index in [-0.39, 0.29) is 5.91 Å². The largest absolute Gasteiger partial charge is 0.491 e. The molecule has 1 aromatic heterocycles. The summed E-state index contributed by atoms with van der Waals surface area (Å²) in [6.45, 7) is 0.494. The lowest BCUT2D eigenvalue weighted by Crippen LogP contribution is -2.19. The number of nitrogens with one attached hydrogen (secondary N) is 1. The van der Waals surface area contributed by atoms with Crippen LogP contribution in [0.5, 0.6) is 5.75 Å². The summed E-state index contributed by atoms with van der Waals surface area (Å²) in [5, 5.41) is 2.85. The van der Waals surface area contributed by atoms with Crippen LogP contribution in [-0.4, -0.2) is 17.5 Å². The second-order valence-corrected chi connectivity index (χ2v) is 5.01. The monoisotopic (exact) mass is 283 g/mol. The normalized spacial score (nSPS) is 13.4. The number of aromatic nitrogens is 1. The molecule has 3 N–H and O–H groups in total. The molecule has 1 aliphatic heterocycles. The van der Waals surface area contributed by atoms with Gasteiger partial charge in [0.2, 0.25) is 5.91 Å². The van der Waals surface area contributed by atoms with Gasteiger partial charge >= 0.3 is 0 Å². The molecule has 1 amide bonds. The smallest absolute Gasteiger partial charge is 0.224 e. The molecule has 1 aromatic carbocycles. The van der Waals surface area contributed by atoms with E-state index < -0.39 is 0 Å². The molecule has 0 aliphatic carbocycles. The van der Waals surface area contributed by atoms with Crippen LogP contribution in [0.2, 0.25) is 0 Å². The maximum atomic E-state index is 11.4. The van der Waals surface area contributed by atoms with Crippen molar-refractivity contribution in [2.24, 2.45) is 0 Å². The quantitative estimate of drug-likeness (QED) is 0.843. The second-order valence-electron chi connectivity index (χ2n) is 5.01. The van der Waals surface area contributed by atoms with Gasteiger partial charge < -0.3 is 15.8 Å². The highest BCUT2D eigenvalue weighted by molar-refractivity contribution is 5.94. The van der Waals surface area contributed by atoms with Crippen LogP contribution in [0.25, 0.3) is 0 Å². The Morgan fingerprint density at radius 1 is 1.29 bits per heavy atom. The van der Waals surface area contributed by atoms with E-state index in [1.165, 1.54) is 0 Å². The first-order valence-corrected chi connectivity index (χ1v) is 6.97. The van der Waals surface area contributed by atoms with E-state index in [0.717, 1.165) is 23.4 Å². The van der Waals surface area contributed by atoms with Crippen molar-refractivity contribution in [3.63, 3.8) is 0 Å². The maximum Gasteiger partial charge on any atom is 0.224 e. The fourth-order valence-electron chi connectivity index (χ4n) is 2.36. The molecule has 0 fully saturated rings. The first-order chi connectivity index (χ1) is 10.2. The summed E-state index contributed by atoms with van der Waals surface area (Å²) in [4.78, 5) is 15.7. The zero-order valence-corrected chi connectivity index (χ0v) is 11.6. The first-order valence-electron chi connectivity index (χ1n) is 6.97. The molecule has 0 radical (unpaired) electrons. The number of pyridine rings is 1. The number of hydrogen-bond donors (Lipinski definition) is 2. The highest BCUT2D eigenvalue weighted by atomic mass is 16.5. The van der Waals surface area contributed by atoms with Crippen molar-refractivity contribution in [2.45, 2.75) is 19.3 Å². The number of hydrogen-bond acceptors (Lipinski definition) is 4. The van der Waals surface area contributed by atoms with Crippen molar-refractivity contribution in [2.75, 3.05) is 17.7 Å². The van der Waals surface area contributed by atoms with Crippen LogP contribution < -0.4 is 15.8 Å². The van der Waals surface area contributed by atoms with Crippen molar-refractivity contribution in [1.29, 1.82) is 0 Å². The van der Waals surface area contributed by atoms with Crippen LogP contribution in [-0.2, 0) is 17.6 Å². The number of carbonyl (C=O) groups is 1. The Balaban J connectivity index is 1.68. The van der Waals surface area contributed by atoms with Gasteiger partial charge in [0.05, 0.1) is 12.3 Å². The summed E-state index contributed by atoms with van der Waals surface area (Å²) in [7, 11) is 0. The molecule has 2 heterocycles. The summed E-state index contributed by atoms with van der Waals surface area (Å²) >= 11 is 0. The fourth-order valence-corrected chi connectivity index (χ4v) is 2.36. The fraction of sp³-hybridized carbons (Fsp3) is 0.250. The zero-order chi connectivity index (χ0) is 14.7.